The topological polar surface area (TPSA) is 131 Å². The van der Waals surface area contributed by atoms with Gasteiger partial charge in [0.1, 0.15) is 0 Å². The number of hydrogen-bond donors (Lipinski definition) is 4. The van der Waals surface area contributed by atoms with Gasteiger partial charge < -0.3 is 31.3 Å². The molecule has 0 radical (unpaired) electrons. The van der Waals surface area contributed by atoms with Crippen LogP contribution >= 0.6 is 0 Å². The standard InChI is InChI=1S/C30H32N6O4/c1-34-13-15-36(16-14-34)18-26(37)35(2)23-10-8-22(9-11-23)32-28(19-3-6-21(31)7-4-19)27-24-17-20(30(39)40)5-12-25(24)33-29(27)38/h3-12,17,32H,13-16,18,31H2,1-2H3,(H,33,38)(H,39,40)/b28-27-. The van der Waals surface area contributed by atoms with E-state index in [2.05, 4.69) is 27.5 Å². The van der Waals surface area contributed by atoms with Gasteiger partial charge in [-0.25, -0.2) is 4.79 Å². The van der Waals surface area contributed by atoms with Crippen molar-refractivity contribution >= 4 is 51.8 Å². The molecule has 0 aromatic heterocycles. The lowest BCUT2D eigenvalue weighted by Crippen LogP contribution is -2.48. The summed E-state index contributed by atoms with van der Waals surface area (Å²) in [6.07, 6.45) is 0. The molecule has 2 aliphatic heterocycles. The van der Waals surface area contributed by atoms with E-state index in [1.807, 2.05) is 24.3 Å². The lowest BCUT2D eigenvalue weighted by Gasteiger charge is -2.32. The van der Waals surface area contributed by atoms with E-state index < -0.39 is 5.97 Å². The molecule has 40 heavy (non-hydrogen) atoms. The molecule has 0 atom stereocenters. The molecule has 206 valence electrons. The number of nitrogen functional groups attached to an aromatic ring is 1. The zero-order chi connectivity index (χ0) is 28.4. The Balaban J connectivity index is 1.43. The predicted molar refractivity (Wildman–Crippen MR) is 157 cm³/mol. The molecule has 3 aromatic rings. The summed E-state index contributed by atoms with van der Waals surface area (Å²) in [5.41, 5.74) is 10.6. The summed E-state index contributed by atoms with van der Waals surface area (Å²) < 4.78 is 0. The molecule has 3 aromatic carbocycles. The molecule has 10 nitrogen and oxygen atoms in total. The summed E-state index contributed by atoms with van der Waals surface area (Å²) >= 11 is 0. The number of hydrogen-bond acceptors (Lipinski definition) is 7. The van der Waals surface area contributed by atoms with Crippen LogP contribution < -0.4 is 21.3 Å². The van der Waals surface area contributed by atoms with Crippen molar-refractivity contribution in [3.63, 3.8) is 0 Å². The number of piperazine rings is 1. The van der Waals surface area contributed by atoms with Gasteiger partial charge in [0.25, 0.3) is 5.91 Å². The fourth-order valence-electron chi connectivity index (χ4n) is 4.84. The Morgan fingerprint density at radius 1 is 0.975 bits per heavy atom. The number of carboxylic acids is 1. The minimum absolute atomic E-state index is 0.0170. The molecule has 5 N–H and O–H groups in total. The van der Waals surface area contributed by atoms with Gasteiger partial charge in [-0.3, -0.25) is 14.5 Å². The number of rotatable bonds is 7. The molecule has 0 aliphatic carbocycles. The number of anilines is 4. The van der Waals surface area contributed by atoms with Crippen LogP contribution in [0.15, 0.2) is 66.7 Å². The maximum Gasteiger partial charge on any atom is 0.335 e. The van der Waals surface area contributed by atoms with E-state index in [1.165, 1.54) is 12.1 Å². The van der Waals surface area contributed by atoms with Gasteiger partial charge in [0.15, 0.2) is 0 Å². The molecule has 0 spiro atoms. The minimum atomic E-state index is -1.08. The van der Waals surface area contributed by atoms with Crippen LogP contribution in [0.25, 0.3) is 11.3 Å². The van der Waals surface area contributed by atoms with Gasteiger partial charge >= 0.3 is 5.97 Å². The lowest BCUT2D eigenvalue weighted by atomic mass is 9.98. The third-order valence-electron chi connectivity index (χ3n) is 7.31. The molecule has 1 fully saturated rings. The van der Waals surface area contributed by atoms with Crippen LogP contribution in [0.3, 0.4) is 0 Å². The van der Waals surface area contributed by atoms with E-state index in [0.717, 1.165) is 31.9 Å². The van der Waals surface area contributed by atoms with Crippen molar-refractivity contribution < 1.29 is 19.5 Å². The van der Waals surface area contributed by atoms with Crippen LogP contribution in [0.1, 0.15) is 21.5 Å². The lowest BCUT2D eigenvalue weighted by molar-refractivity contribution is -0.119. The highest BCUT2D eigenvalue weighted by Gasteiger charge is 2.29. The fourth-order valence-corrected chi connectivity index (χ4v) is 4.84. The van der Waals surface area contributed by atoms with E-state index in [0.29, 0.717) is 46.0 Å². The molecule has 1 saturated heterocycles. The van der Waals surface area contributed by atoms with Crippen molar-refractivity contribution in [1.82, 2.24) is 9.80 Å². The van der Waals surface area contributed by atoms with Crippen molar-refractivity contribution in [2.24, 2.45) is 0 Å². The van der Waals surface area contributed by atoms with E-state index in [-0.39, 0.29) is 17.4 Å². The van der Waals surface area contributed by atoms with Gasteiger partial charge in [0.05, 0.1) is 23.4 Å². The Bertz CT molecular complexity index is 1480. The second-order valence-electron chi connectivity index (χ2n) is 10.1. The largest absolute Gasteiger partial charge is 0.478 e. The van der Waals surface area contributed by atoms with Gasteiger partial charge in [0.2, 0.25) is 5.91 Å². The van der Waals surface area contributed by atoms with Gasteiger partial charge in [-0.1, -0.05) is 12.1 Å². The first-order chi connectivity index (χ1) is 19.2. The van der Waals surface area contributed by atoms with E-state index >= 15 is 0 Å². The smallest absolute Gasteiger partial charge is 0.335 e. The Hall–Kier alpha value is -4.67. The van der Waals surface area contributed by atoms with Gasteiger partial charge in [-0.2, -0.15) is 0 Å². The number of carboxylic acid groups (broad SMARTS) is 1. The monoisotopic (exact) mass is 540 g/mol. The van der Waals surface area contributed by atoms with Crippen LogP contribution in [-0.4, -0.2) is 79.5 Å². The van der Waals surface area contributed by atoms with Crippen LogP contribution in [0, 0.1) is 0 Å². The zero-order valence-corrected chi connectivity index (χ0v) is 22.5. The predicted octanol–water partition coefficient (Wildman–Crippen LogP) is 3.11. The van der Waals surface area contributed by atoms with E-state index in [4.69, 9.17) is 5.73 Å². The van der Waals surface area contributed by atoms with E-state index in [1.54, 1.807) is 42.3 Å². The normalized spacial score (nSPS) is 16.7. The number of nitrogens with one attached hydrogen (secondary N) is 2. The SMILES string of the molecule is CN1CCN(CC(=O)N(C)c2ccc(N/C(=C3\C(=O)Nc4ccc(C(=O)O)cc43)c3ccc(N)cc3)cc2)CC1. The second kappa shape index (κ2) is 11.2. The number of benzene rings is 3. The number of nitrogens with two attached hydrogens (primary N) is 1. The summed E-state index contributed by atoms with van der Waals surface area (Å²) in [5, 5.41) is 15.7. The molecule has 0 bridgehead atoms. The molecule has 2 heterocycles. The molecule has 2 aliphatic rings. The molecule has 10 heteroatoms. The fraction of sp³-hybridized carbons (Fsp3) is 0.233. The van der Waals surface area contributed by atoms with Crippen molar-refractivity contribution in [3.8, 4) is 0 Å². The van der Waals surface area contributed by atoms with Crippen LogP contribution in [0.5, 0.6) is 0 Å². The Morgan fingerprint density at radius 3 is 2.27 bits per heavy atom. The van der Waals surface area contributed by atoms with Crippen molar-refractivity contribution in [1.29, 1.82) is 0 Å². The maximum absolute atomic E-state index is 13.2. The zero-order valence-electron chi connectivity index (χ0n) is 22.5. The molecular formula is C30H32N6O4. The Morgan fingerprint density at radius 2 is 1.62 bits per heavy atom. The van der Waals surface area contributed by atoms with E-state index in [9.17, 15) is 19.5 Å². The number of nitrogens with zero attached hydrogens (tertiary/aromatic N) is 3. The highest BCUT2D eigenvalue weighted by molar-refractivity contribution is 6.37. The number of aromatic carboxylic acids is 1. The number of fused-ring (bicyclic) bond motifs is 1. The van der Waals surface area contributed by atoms with Gasteiger partial charge in [-0.05, 0) is 67.2 Å². The van der Waals surface area contributed by atoms with Crippen LogP contribution in [0.2, 0.25) is 0 Å². The third-order valence-corrected chi connectivity index (χ3v) is 7.31. The van der Waals surface area contributed by atoms with Crippen molar-refractivity contribution in [2.75, 3.05) is 68.1 Å². The summed E-state index contributed by atoms with van der Waals surface area (Å²) in [6, 6.07) is 19.0. The third kappa shape index (κ3) is 5.68. The van der Waals surface area contributed by atoms with Crippen molar-refractivity contribution in [2.45, 2.75) is 0 Å². The first-order valence-corrected chi connectivity index (χ1v) is 13.0. The quantitative estimate of drug-likeness (QED) is 0.266. The molecule has 5 rings (SSSR count). The first kappa shape index (κ1) is 26.9. The molecule has 0 unspecified atom stereocenters. The summed E-state index contributed by atoms with van der Waals surface area (Å²) in [4.78, 5) is 43.8. The Labute approximate surface area is 232 Å². The molecule has 2 amide bonds. The maximum atomic E-state index is 13.2. The number of amides is 2. The number of carbonyl (C=O) groups excluding carboxylic acids is 2. The minimum Gasteiger partial charge on any atom is -0.478 e. The van der Waals surface area contributed by atoms with Crippen molar-refractivity contribution in [3.05, 3.63) is 83.4 Å². The van der Waals surface area contributed by atoms with Crippen LogP contribution in [-0.2, 0) is 9.59 Å². The average molecular weight is 541 g/mol. The number of carbonyl (C=O) groups is 3. The first-order valence-electron chi connectivity index (χ1n) is 13.0. The summed E-state index contributed by atoms with van der Waals surface area (Å²) in [7, 11) is 3.85. The molecule has 0 saturated carbocycles. The second-order valence-corrected chi connectivity index (χ2v) is 10.1. The summed E-state index contributed by atoms with van der Waals surface area (Å²) in [5.74, 6) is -1.41. The summed E-state index contributed by atoms with van der Waals surface area (Å²) in [6.45, 7) is 4.00. The van der Waals surface area contributed by atoms with Gasteiger partial charge in [0, 0.05) is 61.5 Å². The molecular weight excluding hydrogens is 508 g/mol. The highest BCUT2D eigenvalue weighted by atomic mass is 16.4. The average Bonchev–Trinajstić information content (AvgIpc) is 3.28. The number of likely N-dealkylation sites (N-methyl/N-ethyl adjacent to an activating group) is 2. The highest BCUT2D eigenvalue weighted by Crippen LogP contribution is 2.38. The Kier molecular flexibility index (Phi) is 7.54. The van der Waals surface area contributed by atoms with Crippen LogP contribution in [0.4, 0.5) is 22.7 Å². The van der Waals surface area contributed by atoms with Gasteiger partial charge in [-0.15, -0.1) is 0 Å².